The normalized spacial score (nSPS) is 26.0. The minimum Gasteiger partial charge on any atom is -0.444 e. The number of aryl methyl sites for hydroxylation is 2. The predicted octanol–water partition coefficient (Wildman–Crippen LogP) is 6.59. The number of hydrogen-bond acceptors (Lipinski definition) is 16. The third-order valence-corrected chi connectivity index (χ3v) is 16.0. The molecule has 2 unspecified atom stereocenters. The van der Waals surface area contributed by atoms with Crippen molar-refractivity contribution in [3.63, 3.8) is 0 Å². The molecule has 2 atom stereocenters. The van der Waals surface area contributed by atoms with Crippen LogP contribution in [0.1, 0.15) is 54.4 Å². The van der Waals surface area contributed by atoms with Crippen LogP contribution in [0.4, 0.5) is 44.5 Å². The van der Waals surface area contributed by atoms with Crippen LogP contribution in [-0.4, -0.2) is 118 Å². The first-order valence-corrected chi connectivity index (χ1v) is 24.7. The Hall–Kier alpha value is -5.84. The molecule has 0 aliphatic carbocycles. The molecule has 0 bridgehead atoms. The fourth-order valence-electron chi connectivity index (χ4n) is 8.00. The molecule has 322 valence electrons. The molecule has 0 radical (unpaired) electrons. The minimum atomic E-state index is -1.59. The van der Waals surface area contributed by atoms with Gasteiger partial charge < -0.3 is 29.2 Å². The van der Waals surface area contributed by atoms with Crippen molar-refractivity contribution in [1.29, 1.82) is 0 Å². The second-order valence-corrected chi connectivity index (χ2v) is 22.6. The number of fused-ring (bicyclic) bond motifs is 4. The van der Waals surface area contributed by atoms with Gasteiger partial charge in [-0.2, -0.15) is 20.2 Å². The van der Waals surface area contributed by atoms with E-state index in [2.05, 4.69) is 45.8 Å². The van der Waals surface area contributed by atoms with Gasteiger partial charge in [-0.3, -0.25) is 9.80 Å². The highest BCUT2D eigenvalue weighted by atomic mass is 32.3. The van der Waals surface area contributed by atoms with E-state index in [4.69, 9.17) is 14.5 Å². The van der Waals surface area contributed by atoms with E-state index >= 15 is 0 Å². The van der Waals surface area contributed by atoms with Gasteiger partial charge in [-0.1, -0.05) is 0 Å². The minimum absolute atomic E-state index is 0.0414. The average Bonchev–Trinajstić information content (AvgIpc) is 3.84. The van der Waals surface area contributed by atoms with Gasteiger partial charge in [0.25, 0.3) is 0 Å². The first-order chi connectivity index (χ1) is 29.3. The largest absolute Gasteiger partial charge is 0.444 e. The number of pyridine rings is 2. The van der Waals surface area contributed by atoms with Gasteiger partial charge in [0.05, 0.1) is 34.9 Å². The number of rotatable bonds is 6. The summed E-state index contributed by atoms with van der Waals surface area (Å²) >= 11 is 0. The Bertz CT molecular complexity index is 2630. The van der Waals surface area contributed by atoms with E-state index < -0.39 is 26.7 Å². The molecule has 6 aromatic heterocycles. The van der Waals surface area contributed by atoms with Crippen LogP contribution in [0.25, 0.3) is 11.3 Å². The molecule has 0 aromatic carbocycles. The van der Waals surface area contributed by atoms with Crippen LogP contribution in [0, 0.1) is 13.8 Å². The Morgan fingerprint density at radius 2 is 1.10 bits per heavy atom. The van der Waals surface area contributed by atoms with Crippen molar-refractivity contribution < 1.29 is 28.2 Å². The Labute approximate surface area is 354 Å². The SMILES string of the molecule is Cc1cc2ncnn2cc1Nc1ncc2c(n1)N(C1CCCS(C)(O)CC1)C(=O)OC2.Cc1cc2ncnn2cc1Nc1ncc2c(n1)N(C1CCS(C)(O)CC1)C(=O)OC2. The number of cyclic esters (lactones) is 2. The molecule has 2 saturated heterocycles. The van der Waals surface area contributed by atoms with Gasteiger partial charge in [-0.25, -0.2) is 38.6 Å². The molecular weight excluding hydrogens is 825 g/mol. The number of carbonyl (C=O) groups is 2. The van der Waals surface area contributed by atoms with Gasteiger partial charge in [0.2, 0.25) is 11.9 Å². The van der Waals surface area contributed by atoms with Crippen molar-refractivity contribution in [1.82, 2.24) is 49.1 Å². The van der Waals surface area contributed by atoms with Gasteiger partial charge >= 0.3 is 12.2 Å². The summed E-state index contributed by atoms with van der Waals surface area (Å²) in [6.45, 7) is 4.25. The lowest BCUT2D eigenvalue weighted by Crippen LogP contribution is -2.47. The number of nitrogens with zero attached hydrogens (tertiary/aromatic N) is 12. The topological polar surface area (TPSA) is 236 Å². The molecule has 22 heteroatoms. The summed E-state index contributed by atoms with van der Waals surface area (Å²) in [4.78, 5) is 55.2. The number of aromatic nitrogens is 10. The first-order valence-electron chi connectivity index (χ1n) is 20.0. The van der Waals surface area contributed by atoms with Gasteiger partial charge in [0.15, 0.2) is 22.9 Å². The van der Waals surface area contributed by atoms with Gasteiger partial charge in [-0.15, -0.1) is 20.6 Å². The highest BCUT2D eigenvalue weighted by Gasteiger charge is 2.38. The number of carbonyl (C=O) groups excluding carboxylic acids is 2. The molecule has 2 fully saturated rings. The zero-order chi connectivity index (χ0) is 42.5. The van der Waals surface area contributed by atoms with E-state index in [1.807, 2.05) is 50.9 Å². The molecule has 4 aliphatic rings. The standard InChI is InChI=1S/C20H25N7O3S.C19H23N7O3S/c1-13-8-17-22-12-23-26(17)10-16(13)24-19-21-9-14-11-30-20(28)27(18(14)25-19)15-4-3-6-31(2,29)7-5-15;1-12-7-16-21-11-22-25(16)9-15(12)23-18-20-8-13-10-29-19(27)26(17(13)24-18)14-3-5-30(2,28)6-4-14/h8-10,12,15,29H,3-7,11H2,1-2H3,(H,21,24,25);7-9,11,14,28H,3-6,10H2,1-2H3,(H,20,23,24). The first kappa shape index (κ1) is 40.6. The molecule has 4 aliphatic heterocycles. The lowest BCUT2D eigenvalue weighted by molar-refractivity contribution is 0.136. The quantitative estimate of drug-likeness (QED) is 0.138. The third-order valence-electron chi connectivity index (χ3n) is 11.5. The molecule has 61 heavy (non-hydrogen) atoms. The maximum Gasteiger partial charge on any atom is 0.416 e. The summed E-state index contributed by atoms with van der Waals surface area (Å²) in [5, 5.41) is 14.8. The number of ether oxygens (including phenoxy) is 2. The van der Waals surface area contributed by atoms with Crippen LogP contribution in [0.3, 0.4) is 0 Å². The molecule has 0 spiro atoms. The van der Waals surface area contributed by atoms with E-state index in [0.29, 0.717) is 40.8 Å². The summed E-state index contributed by atoms with van der Waals surface area (Å²) in [6, 6.07) is 3.76. The van der Waals surface area contributed by atoms with E-state index in [1.54, 1.807) is 31.2 Å². The van der Waals surface area contributed by atoms with Crippen LogP contribution < -0.4 is 20.4 Å². The highest BCUT2D eigenvalue weighted by Crippen LogP contribution is 2.47. The maximum atomic E-state index is 12.7. The van der Waals surface area contributed by atoms with Crippen molar-refractivity contribution in [3.8, 4) is 0 Å². The van der Waals surface area contributed by atoms with E-state index in [9.17, 15) is 18.7 Å². The molecule has 10 heterocycles. The van der Waals surface area contributed by atoms with Crippen molar-refractivity contribution in [3.05, 3.63) is 71.8 Å². The monoisotopic (exact) mass is 872 g/mol. The van der Waals surface area contributed by atoms with Gasteiger partial charge in [0, 0.05) is 41.7 Å². The molecule has 20 nitrogen and oxygen atoms in total. The molecule has 10 rings (SSSR count). The van der Waals surface area contributed by atoms with Gasteiger partial charge in [-0.05, 0) is 87.5 Å². The summed E-state index contributed by atoms with van der Waals surface area (Å²) < 4.78 is 35.0. The Morgan fingerprint density at radius 1 is 0.656 bits per heavy atom. The summed E-state index contributed by atoms with van der Waals surface area (Å²) in [5.74, 6) is 4.88. The van der Waals surface area contributed by atoms with Crippen LogP contribution >= 0.6 is 20.6 Å². The van der Waals surface area contributed by atoms with Crippen LogP contribution in [0.15, 0.2) is 49.6 Å². The lowest BCUT2D eigenvalue weighted by atomic mass is 10.1. The second-order valence-electron chi connectivity index (χ2n) is 16.1. The Balaban J connectivity index is 0.000000156. The van der Waals surface area contributed by atoms with Crippen LogP contribution in [0.2, 0.25) is 0 Å². The molecular formula is C39H48N14O6S2. The average molecular weight is 873 g/mol. The van der Waals surface area contributed by atoms with Gasteiger partial charge in [0.1, 0.15) is 25.9 Å². The van der Waals surface area contributed by atoms with Crippen molar-refractivity contribution in [2.45, 2.75) is 71.2 Å². The molecule has 4 N–H and O–H groups in total. The summed E-state index contributed by atoms with van der Waals surface area (Å²) in [7, 11) is -3.14. The zero-order valence-electron chi connectivity index (χ0n) is 34.3. The summed E-state index contributed by atoms with van der Waals surface area (Å²) in [6.07, 6.45) is 17.0. The Kier molecular flexibility index (Phi) is 10.8. The number of nitrogens with one attached hydrogen (secondary N) is 2. The maximum absolute atomic E-state index is 12.7. The van der Waals surface area contributed by atoms with Crippen LogP contribution in [-0.2, 0) is 22.7 Å². The molecule has 2 amide bonds. The number of anilines is 6. The van der Waals surface area contributed by atoms with E-state index in [1.165, 1.54) is 12.7 Å². The Morgan fingerprint density at radius 3 is 1.57 bits per heavy atom. The van der Waals surface area contributed by atoms with E-state index in [0.717, 1.165) is 82.8 Å². The lowest BCUT2D eigenvalue weighted by Gasteiger charge is -2.42. The van der Waals surface area contributed by atoms with E-state index in [-0.39, 0.29) is 31.4 Å². The van der Waals surface area contributed by atoms with Crippen molar-refractivity contribution >= 4 is 79.0 Å². The predicted molar refractivity (Wildman–Crippen MR) is 234 cm³/mol. The molecule has 0 saturated carbocycles. The number of hydrogen-bond donors (Lipinski definition) is 4. The molecule has 6 aromatic rings. The second kappa shape index (κ2) is 16.2. The smallest absolute Gasteiger partial charge is 0.416 e. The van der Waals surface area contributed by atoms with Crippen LogP contribution in [0.5, 0.6) is 0 Å². The number of amides is 2. The third kappa shape index (κ3) is 8.57. The van der Waals surface area contributed by atoms with Crippen molar-refractivity contribution in [2.75, 3.05) is 56.0 Å². The zero-order valence-corrected chi connectivity index (χ0v) is 35.9. The van der Waals surface area contributed by atoms with Crippen molar-refractivity contribution in [2.24, 2.45) is 0 Å². The summed E-state index contributed by atoms with van der Waals surface area (Å²) in [5.41, 5.74) is 6.62. The fourth-order valence-corrected chi connectivity index (χ4v) is 11.5. The highest BCUT2D eigenvalue weighted by molar-refractivity contribution is 8.28. The fraction of sp³-hybridized carbons (Fsp3) is 0.436.